The van der Waals surface area contributed by atoms with Crippen molar-refractivity contribution in [3.05, 3.63) is 58.6 Å². The Labute approximate surface area is 139 Å². The zero-order valence-electron chi connectivity index (χ0n) is 13.3. The number of benzene rings is 2. The van der Waals surface area contributed by atoms with Gasteiger partial charge in [0.25, 0.3) is 0 Å². The van der Waals surface area contributed by atoms with Gasteiger partial charge in [0.05, 0.1) is 5.56 Å². The molecule has 0 bridgehead atoms. The molecule has 0 amide bonds. The highest BCUT2D eigenvalue weighted by atomic mass is 35.5. The summed E-state index contributed by atoms with van der Waals surface area (Å²) in [5.41, 5.74) is 0.750. The molecular formula is C18H19ClF3N. The Kier molecular flexibility index (Phi) is 5.07. The molecule has 0 aliphatic carbocycles. The fourth-order valence-electron chi connectivity index (χ4n) is 2.21. The van der Waals surface area contributed by atoms with Crippen molar-refractivity contribution in [1.29, 1.82) is 0 Å². The van der Waals surface area contributed by atoms with Gasteiger partial charge >= 0.3 is 6.18 Å². The van der Waals surface area contributed by atoms with Crippen molar-refractivity contribution in [3.8, 4) is 11.1 Å². The third kappa shape index (κ3) is 4.72. The summed E-state index contributed by atoms with van der Waals surface area (Å²) in [4.78, 5) is 0. The van der Waals surface area contributed by atoms with E-state index >= 15 is 0 Å². The normalized spacial score (nSPS) is 12.5. The van der Waals surface area contributed by atoms with Crippen molar-refractivity contribution in [3.63, 3.8) is 0 Å². The monoisotopic (exact) mass is 341 g/mol. The SMILES string of the molecule is CC(C)(C)NCc1ccc(-c2c(Cl)cccc2C(F)(F)F)cc1. The van der Waals surface area contributed by atoms with Crippen LogP contribution in [0.15, 0.2) is 42.5 Å². The fraction of sp³-hybridized carbons (Fsp3) is 0.333. The number of hydrogen-bond acceptors (Lipinski definition) is 1. The van der Waals surface area contributed by atoms with E-state index in [1.807, 2.05) is 12.1 Å². The molecule has 0 saturated heterocycles. The minimum absolute atomic E-state index is 0.0230. The fourth-order valence-corrected chi connectivity index (χ4v) is 2.49. The summed E-state index contributed by atoms with van der Waals surface area (Å²) in [6, 6.07) is 10.8. The van der Waals surface area contributed by atoms with Crippen LogP contribution in [0.4, 0.5) is 13.2 Å². The Morgan fingerprint density at radius 3 is 2.09 bits per heavy atom. The molecule has 5 heteroatoms. The lowest BCUT2D eigenvalue weighted by Crippen LogP contribution is -2.35. The summed E-state index contributed by atoms with van der Waals surface area (Å²) < 4.78 is 39.5. The molecule has 2 aromatic rings. The van der Waals surface area contributed by atoms with Gasteiger partial charge in [-0.3, -0.25) is 0 Å². The van der Waals surface area contributed by atoms with Crippen LogP contribution >= 0.6 is 11.6 Å². The van der Waals surface area contributed by atoms with Crippen molar-refractivity contribution < 1.29 is 13.2 Å². The van der Waals surface area contributed by atoms with Crippen molar-refractivity contribution in [1.82, 2.24) is 5.32 Å². The van der Waals surface area contributed by atoms with Gasteiger partial charge in [0, 0.05) is 22.7 Å². The zero-order chi connectivity index (χ0) is 17.3. The average molecular weight is 342 g/mol. The lowest BCUT2D eigenvalue weighted by atomic mass is 9.98. The molecule has 0 aliphatic heterocycles. The van der Waals surface area contributed by atoms with E-state index < -0.39 is 11.7 Å². The predicted molar refractivity (Wildman–Crippen MR) is 88.5 cm³/mol. The molecule has 0 radical (unpaired) electrons. The van der Waals surface area contributed by atoms with E-state index in [1.54, 1.807) is 12.1 Å². The Hall–Kier alpha value is -1.52. The van der Waals surface area contributed by atoms with Crippen molar-refractivity contribution in [2.45, 2.75) is 39.0 Å². The summed E-state index contributed by atoms with van der Waals surface area (Å²) in [5.74, 6) is 0. The molecule has 2 aromatic carbocycles. The maximum atomic E-state index is 13.2. The second kappa shape index (κ2) is 6.54. The molecule has 124 valence electrons. The molecule has 0 fully saturated rings. The van der Waals surface area contributed by atoms with Crippen LogP contribution in [0, 0.1) is 0 Å². The second-order valence-electron chi connectivity index (χ2n) is 6.46. The van der Waals surface area contributed by atoms with Crippen LogP contribution < -0.4 is 5.32 Å². The highest BCUT2D eigenvalue weighted by Gasteiger charge is 2.34. The van der Waals surface area contributed by atoms with Crippen molar-refractivity contribution >= 4 is 11.6 Å². The van der Waals surface area contributed by atoms with E-state index in [4.69, 9.17) is 11.6 Å². The highest BCUT2D eigenvalue weighted by Crippen LogP contribution is 2.40. The third-order valence-corrected chi connectivity index (χ3v) is 3.70. The summed E-state index contributed by atoms with van der Waals surface area (Å²) >= 11 is 6.02. The molecule has 2 rings (SSSR count). The number of alkyl halides is 3. The zero-order valence-corrected chi connectivity index (χ0v) is 14.0. The van der Waals surface area contributed by atoms with Gasteiger partial charge in [0.1, 0.15) is 0 Å². The molecule has 1 nitrogen and oxygen atoms in total. The third-order valence-electron chi connectivity index (χ3n) is 3.38. The van der Waals surface area contributed by atoms with Crippen LogP contribution in [0.1, 0.15) is 31.9 Å². The predicted octanol–water partition coefficient (Wildman–Crippen LogP) is 5.91. The summed E-state index contributed by atoms with van der Waals surface area (Å²) in [6.45, 7) is 6.82. The molecule has 0 saturated carbocycles. The molecule has 0 aromatic heterocycles. The summed E-state index contributed by atoms with van der Waals surface area (Å²) in [7, 11) is 0. The van der Waals surface area contributed by atoms with Crippen molar-refractivity contribution in [2.24, 2.45) is 0 Å². The quantitative estimate of drug-likeness (QED) is 0.731. The first-order valence-electron chi connectivity index (χ1n) is 7.28. The molecule has 0 atom stereocenters. The van der Waals surface area contributed by atoms with Gasteiger partial charge in [-0.15, -0.1) is 0 Å². The number of hydrogen-bond donors (Lipinski definition) is 1. The van der Waals surface area contributed by atoms with Gasteiger partial charge in [0.2, 0.25) is 0 Å². The standard InChI is InChI=1S/C18H19ClF3N/c1-17(2,3)23-11-12-7-9-13(10-8-12)16-14(18(20,21)22)5-4-6-15(16)19/h4-10,23H,11H2,1-3H3. The van der Waals surface area contributed by atoms with Crippen LogP contribution in [-0.2, 0) is 12.7 Å². The van der Waals surface area contributed by atoms with E-state index in [2.05, 4.69) is 26.1 Å². The van der Waals surface area contributed by atoms with Crippen LogP contribution in [0.2, 0.25) is 5.02 Å². The van der Waals surface area contributed by atoms with E-state index in [9.17, 15) is 13.2 Å². The van der Waals surface area contributed by atoms with E-state index in [-0.39, 0.29) is 16.1 Å². The van der Waals surface area contributed by atoms with Gasteiger partial charge in [-0.25, -0.2) is 0 Å². The summed E-state index contributed by atoms with van der Waals surface area (Å²) in [5, 5.41) is 3.44. The van der Waals surface area contributed by atoms with Crippen molar-refractivity contribution in [2.75, 3.05) is 0 Å². The number of nitrogens with one attached hydrogen (secondary N) is 1. The number of rotatable bonds is 3. The first-order valence-corrected chi connectivity index (χ1v) is 7.66. The van der Waals surface area contributed by atoms with Gasteiger partial charge < -0.3 is 5.32 Å². The summed E-state index contributed by atoms with van der Waals surface area (Å²) in [6.07, 6.45) is -4.44. The van der Waals surface area contributed by atoms with Gasteiger partial charge in [-0.1, -0.05) is 41.9 Å². The Balaban J connectivity index is 2.34. The minimum Gasteiger partial charge on any atom is -0.308 e. The Bertz CT molecular complexity index is 670. The van der Waals surface area contributed by atoms with E-state index in [0.29, 0.717) is 12.1 Å². The second-order valence-corrected chi connectivity index (χ2v) is 6.87. The van der Waals surface area contributed by atoms with Gasteiger partial charge in [-0.05, 0) is 44.0 Å². The molecule has 0 spiro atoms. The van der Waals surface area contributed by atoms with E-state index in [0.717, 1.165) is 11.6 Å². The largest absolute Gasteiger partial charge is 0.417 e. The minimum atomic E-state index is -4.44. The topological polar surface area (TPSA) is 12.0 Å². The molecule has 23 heavy (non-hydrogen) atoms. The molecule has 1 N–H and O–H groups in total. The Morgan fingerprint density at radius 1 is 0.957 bits per heavy atom. The lowest BCUT2D eigenvalue weighted by molar-refractivity contribution is -0.137. The molecule has 0 unspecified atom stereocenters. The maximum absolute atomic E-state index is 13.2. The van der Waals surface area contributed by atoms with Crippen LogP contribution in [0.25, 0.3) is 11.1 Å². The van der Waals surface area contributed by atoms with Crippen LogP contribution in [-0.4, -0.2) is 5.54 Å². The van der Waals surface area contributed by atoms with Crippen LogP contribution in [0.3, 0.4) is 0 Å². The highest BCUT2D eigenvalue weighted by molar-refractivity contribution is 6.33. The number of halogens is 4. The first kappa shape index (κ1) is 17.8. The molecular weight excluding hydrogens is 323 g/mol. The Morgan fingerprint density at radius 2 is 1.57 bits per heavy atom. The van der Waals surface area contributed by atoms with E-state index in [1.165, 1.54) is 12.1 Å². The first-order chi connectivity index (χ1) is 10.6. The average Bonchev–Trinajstić information content (AvgIpc) is 2.44. The van der Waals surface area contributed by atoms with Gasteiger partial charge in [-0.2, -0.15) is 13.2 Å². The maximum Gasteiger partial charge on any atom is 0.417 e. The van der Waals surface area contributed by atoms with Gasteiger partial charge in [0.15, 0.2) is 0 Å². The molecule has 0 heterocycles. The van der Waals surface area contributed by atoms with Crippen LogP contribution in [0.5, 0.6) is 0 Å². The smallest absolute Gasteiger partial charge is 0.308 e. The lowest BCUT2D eigenvalue weighted by Gasteiger charge is -2.20. The molecule has 0 aliphatic rings.